The van der Waals surface area contributed by atoms with Crippen LogP contribution in [0.3, 0.4) is 0 Å². The molecule has 8 heteroatoms. The van der Waals surface area contributed by atoms with Crippen molar-refractivity contribution in [1.29, 1.82) is 5.26 Å². The molecular formula is C25H29ClN6O. The molecule has 2 heterocycles. The highest BCUT2D eigenvalue weighted by Crippen LogP contribution is 2.42. The van der Waals surface area contributed by atoms with Crippen molar-refractivity contribution < 1.29 is 4.79 Å². The maximum atomic E-state index is 13.0. The summed E-state index contributed by atoms with van der Waals surface area (Å²) in [5.41, 5.74) is 4.16. The molecule has 0 bridgehead atoms. The van der Waals surface area contributed by atoms with Crippen molar-refractivity contribution in [2.75, 3.05) is 5.01 Å². The Morgan fingerprint density at radius 1 is 1.33 bits per heavy atom. The topological polar surface area (TPSA) is 83.8 Å². The summed E-state index contributed by atoms with van der Waals surface area (Å²) in [5, 5.41) is 20.2. The number of aromatic nitrogens is 1. The summed E-state index contributed by atoms with van der Waals surface area (Å²) >= 11 is 5.98. The van der Waals surface area contributed by atoms with Crippen molar-refractivity contribution in [3.05, 3.63) is 70.5 Å². The summed E-state index contributed by atoms with van der Waals surface area (Å²) in [6.07, 6.45) is 8.91. The van der Waals surface area contributed by atoms with Crippen LogP contribution in [0.1, 0.15) is 56.8 Å². The molecule has 172 valence electrons. The second-order valence-electron chi connectivity index (χ2n) is 9.27. The van der Waals surface area contributed by atoms with Gasteiger partial charge in [0.25, 0.3) is 5.91 Å². The molecule has 4 rings (SSSR count). The highest BCUT2D eigenvalue weighted by atomic mass is 35.5. The van der Waals surface area contributed by atoms with E-state index in [0.717, 1.165) is 18.5 Å². The average molecular weight is 465 g/mol. The standard InChI is InChI=1S/C25H29ClN6O/c1-17-6-4-12-25(2,3)21(17)14-22(29-23(33)18-8-10-19(26)11-9-18)30-24-31(16-27)32(24)20-7-5-13-28-15-20/h5,7-11,13,15,22,24,30H,4,6,12,14H2,1-3H3,(H,29,33). The molecule has 1 aromatic heterocycles. The van der Waals surface area contributed by atoms with Crippen LogP contribution in [0.2, 0.25) is 5.02 Å². The Kier molecular flexibility index (Phi) is 6.59. The van der Waals surface area contributed by atoms with Crippen molar-refractivity contribution in [2.24, 2.45) is 5.41 Å². The summed E-state index contributed by atoms with van der Waals surface area (Å²) in [6, 6.07) is 10.6. The average Bonchev–Trinajstić information content (AvgIpc) is 3.49. The first-order chi connectivity index (χ1) is 15.8. The maximum Gasteiger partial charge on any atom is 0.252 e. The minimum Gasteiger partial charge on any atom is -0.336 e. The number of carbonyl (C=O) groups excluding carboxylic acids is 1. The van der Waals surface area contributed by atoms with E-state index >= 15 is 0 Å². The Hall–Kier alpha value is -3.08. The van der Waals surface area contributed by atoms with E-state index in [9.17, 15) is 10.1 Å². The number of halogens is 1. The highest BCUT2D eigenvalue weighted by Gasteiger charge is 2.47. The van der Waals surface area contributed by atoms with Crippen LogP contribution in [-0.2, 0) is 0 Å². The Labute approximate surface area is 200 Å². The molecule has 0 radical (unpaired) electrons. The van der Waals surface area contributed by atoms with Crippen LogP contribution in [0.4, 0.5) is 5.69 Å². The summed E-state index contributed by atoms with van der Waals surface area (Å²) < 4.78 is 0. The van der Waals surface area contributed by atoms with Crippen LogP contribution in [0.5, 0.6) is 0 Å². The fourth-order valence-corrected chi connectivity index (χ4v) is 4.80. The lowest BCUT2D eigenvalue weighted by Gasteiger charge is -2.36. The Balaban J connectivity index is 1.57. The fourth-order valence-electron chi connectivity index (χ4n) is 4.67. The van der Waals surface area contributed by atoms with E-state index in [1.807, 2.05) is 17.1 Å². The van der Waals surface area contributed by atoms with Gasteiger partial charge >= 0.3 is 0 Å². The zero-order chi connectivity index (χ0) is 23.6. The van der Waals surface area contributed by atoms with Gasteiger partial charge in [-0.25, -0.2) is 5.01 Å². The van der Waals surface area contributed by atoms with Gasteiger partial charge in [0.1, 0.15) is 0 Å². The van der Waals surface area contributed by atoms with Gasteiger partial charge in [0.05, 0.1) is 18.1 Å². The predicted octanol–water partition coefficient (Wildman–Crippen LogP) is 4.80. The van der Waals surface area contributed by atoms with Gasteiger partial charge in [0.2, 0.25) is 12.5 Å². The number of hydrogen-bond acceptors (Lipinski definition) is 6. The summed E-state index contributed by atoms with van der Waals surface area (Å²) in [6.45, 7) is 6.72. The number of anilines is 1. The number of benzene rings is 1. The molecule has 1 amide bonds. The van der Waals surface area contributed by atoms with E-state index in [1.54, 1.807) is 36.7 Å². The molecule has 1 fully saturated rings. The predicted molar refractivity (Wildman–Crippen MR) is 129 cm³/mol. The van der Waals surface area contributed by atoms with Crippen LogP contribution >= 0.6 is 11.6 Å². The van der Waals surface area contributed by atoms with E-state index in [-0.39, 0.29) is 23.8 Å². The SMILES string of the molecule is CC1=C(CC(NC(=O)c2ccc(Cl)cc2)NC2N(C#N)N2c2cccnc2)C(C)(C)CCC1. The lowest BCUT2D eigenvalue weighted by atomic mass is 9.71. The third-order valence-corrected chi connectivity index (χ3v) is 6.76. The van der Waals surface area contributed by atoms with E-state index in [0.29, 0.717) is 17.0 Å². The molecular weight excluding hydrogens is 436 g/mol. The Morgan fingerprint density at radius 2 is 2.09 bits per heavy atom. The Bertz CT molecular complexity index is 1080. The fraction of sp³-hybridized carbons (Fsp3) is 0.400. The molecule has 1 aromatic carbocycles. The molecule has 7 nitrogen and oxygen atoms in total. The van der Waals surface area contributed by atoms with Crippen molar-refractivity contribution in [2.45, 2.75) is 58.9 Å². The zero-order valence-electron chi connectivity index (χ0n) is 19.2. The van der Waals surface area contributed by atoms with Crippen LogP contribution < -0.4 is 15.6 Å². The van der Waals surface area contributed by atoms with Crippen LogP contribution in [0.15, 0.2) is 59.9 Å². The molecule has 1 aliphatic carbocycles. The van der Waals surface area contributed by atoms with Gasteiger partial charge in [-0.05, 0) is 68.0 Å². The number of nitrogens with one attached hydrogen (secondary N) is 2. The molecule has 1 saturated heterocycles. The molecule has 33 heavy (non-hydrogen) atoms. The summed E-state index contributed by atoms with van der Waals surface area (Å²) in [7, 11) is 0. The van der Waals surface area contributed by atoms with E-state index in [1.165, 1.54) is 22.6 Å². The van der Waals surface area contributed by atoms with Gasteiger partial charge in [-0.3, -0.25) is 15.1 Å². The molecule has 0 saturated carbocycles. The van der Waals surface area contributed by atoms with Gasteiger partial charge < -0.3 is 5.32 Å². The maximum absolute atomic E-state index is 13.0. The second kappa shape index (κ2) is 9.42. The molecule has 2 aliphatic rings. The number of hydrazine groups is 1. The van der Waals surface area contributed by atoms with E-state index < -0.39 is 0 Å². The van der Waals surface area contributed by atoms with Gasteiger partial charge in [0.15, 0.2) is 0 Å². The smallest absolute Gasteiger partial charge is 0.252 e. The first kappa shape index (κ1) is 23.1. The van der Waals surface area contributed by atoms with Gasteiger partial charge in [-0.15, -0.1) is 0 Å². The van der Waals surface area contributed by atoms with E-state index in [4.69, 9.17) is 11.6 Å². The number of amides is 1. The molecule has 1 aliphatic heterocycles. The normalized spacial score (nSPS) is 20.3. The largest absolute Gasteiger partial charge is 0.336 e. The third kappa shape index (κ3) is 5.13. The van der Waals surface area contributed by atoms with E-state index in [2.05, 4.69) is 42.6 Å². The van der Waals surface area contributed by atoms with Crippen LogP contribution in [0.25, 0.3) is 0 Å². The molecule has 2 aromatic rings. The number of carbonyl (C=O) groups is 1. The molecule has 0 spiro atoms. The first-order valence-electron chi connectivity index (χ1n) is 11.2. The third-order valence-electron chi connectivity index (χ3n) is 6.51. The van der Waals surface area contributed by atoms with Crippen LogP contribution in [0, 0.1) is 16.9 Å². The number of nitrogens with zero attached hydrogens (tertiary/aromatic N) is 4. The van der Waals surface area contributed by atoms with Gasteiger partial charge in [-0.1, -0.05) is 36.6 Å². The monoisotopic (exact) mass is 464 g/mol. The number of hydrogen-bond donors (Lipinski definition) is 2. The van der Waals surface area contributed by atoms with Gasteiger partial charge in [-0.2, -0.15) is 10.3 Å². The highest BCUT2D eigenvalue weighted by molar-refractivity contribution is 6.30. The minimum atomic E-state index is -0.363. The number of rotatable bonds is 7. The second-order valence-corrected chi connectivity index (χ2v) is 9.71. The quantitative estimate of drug-likeness (QED) is 0.265. The molecule has 2 unspecified atom stereocenters. The van der Waals surface area contributed by atoms with Gasteiger partial charge in [0, 0.05) is 23.2 Å². The summed E-state index contributed by atoms with van der Waals surface area (Å²) in [4.78, 5) is 17.2. The molecule has 2 atom stereocenters. The number of allylic oxidation sites excluding steroid dienone is 1. The Morgan fingerprint density at radius 3 is 2.73 bits per heavy atom. The lowest BCUT2D eigenvalue weighted by molar-refractivity contribution is 0.0925. The first-order valence-corrected chi connectivity index (χ1v) is 11.6. The van der Waals surface area contributed by atoms with Crippen molar-refractivity contribution in [3.63, 3.8) is 0 Å². The lowest BCUT2D eigenvalue weighted by Crippen LogP contribution is -2.49. The minimum absolute atomic E-state index is 0.0643. The van der Waals surface area contributed by atoms with Crippen molar-refractivity contribution >= 4 is 23.2 Å². The molecule has 2 N–H and O–H groups in total. The van der Waals surface area contributed by atoms with Crippen LogP contribution in [-0.4, -0.2) is 28.4 Å². The van der Waals surface area contributed by atoms with Crippen molar-refractivity contribution in [3.8, 4) is 6.19 Å². The number of nitriles is 1. The summed E-state index contributed by atoms with van der Waals surface area (Å²) in [5.74, 6) is -0.187. The van der Waals surface area contributed by atoms with Crippen molar-refractivity contribution in [1.82, 2.24) is 20.6 Å². The zero-order valence-corrected chi connectivity index (χ0v) is 19.9. The number of pyridine rings is 1.